The minimum Gasteiger partial charge on any atom is -0.489 e. The van der Waals surface area contributed by atoms with E-state index in [1.807, 2.05) is 12.1 Å². The first-order valence-corrected chi connectivity index (χ1v) is 7.98. The molecule has 0 aromatic heterocycles. The van der Waals surface area contributed by atoms with Crippen LogP contribution >= 0.6 is 31.9 Å². The third-order valence-corrected chi connectivity index (χ3v) is 3.59. The van der Waals surface area contributed by atoms with Crippen molar-refractivity contribution in [3.63, 3.8) is 0 Å². The number of rotatable bonds is 7. The van der Waals surface area contributed by atoms with Crippen LogP contribution in [-0.2, 0) is 6.54 Å². The smallest absolute Gasteiger partial charge is 0.147 e. The molecule has 0 heterocycles. The van der Waals surface area contributed by atoms with E-state index < -0.39 is 6.10 Å². The maximum Gasteiger partial charge on any atom is 0.147 e. The molecule has 1 atom stereocenters. The Labute approximate surface area is 132 Å². The van der Waals surface area contributed by atoms with Gasteiger partial charge in [0.25, 0.3) is 0 Å². The highest BCUT2D eigenvalue weighted by atomic mass is 79.9. The van der Waals surface area contributed by atoms with Gasteiger partial charge in [-0.05, 0) is 68.9 Å². The second kappa shape index (κ2) is 8.25. The van der Waals surface area contributed by atoms with Gasteiger partial charge < -0.3 is 15.2 Å². The number of benzene rings is 1. The second-order valence-corrected chi connectivity index (χ2v) is 6.78. The highest BCUT2D eigenvalue weighted by Gasteiger charge is 2.10. The molecule has 2 N–H and O–H groups in total. The fraction of sp³-hybridized carbons (Fsp3) is 0.571. The average molecular weight is 395 g/mol. The van der Waals surface area contributed by atoms with E-state index in [0.29, 0.717) is 5.92 Å². The monoisotopic (exact) mass is 393 g/mol. The van der Waals surface area contributed by atoms with Crippen LogP contribution < -0.4 is 10.1 Å². The summed E-state index contributed by atoms with van der Waals surface area (Å²) in [5, 5.41) is 12.7. The summed E-state index contributed by atoms with van der Waals surface area (Å²) in [7, 11) is 0. The molecule has 3 nitrogen and oxygen atoms in total. The standard InChI is InChI=1S/C14H21Br2NO2/c1-9(2)6-17-7-11-4-12(15)14(13(16)5-11)19-8-10(3)18/h4-5,9-10,17-18H,6-8H2,1-3H3. The van der Waals surface area contributed by atoms with Crippen LogP contribution in [0.15, 0.2) is 21.1 Å². The van der Waals surface area contributed by atoms with Crippen molar-refractivity contribution < 1.29 is 9.84 Å². The van der Waals surface area contributed by atoms with Gasteiger partial charge in [-0.2, -0.15) is 0 Å². The molecule has 0 aliphatic carbocycles. The Kier molecular flexibility index (Phi) is 7.36. The van der Waals surface area contributed by atoms with Crippen LogP contribution in [0.2, 0.25) is 0 Å². The minimum absolute atomic E-state index is 0.280. The average Bonchev–Trinajstić information content (AvgIpc) is 2.26. The third kappa shape index (κ3) is 6.25. The lowest BCUT2D eigenvalue weighted by molar-refractivity contribution is 0.122. The summed E-state index contributed by atoms with van der Waals surface area (Å²) in [6.07, 6.45) is -0.480. The van der Waals surface area contributed by atoms with Gasteiger partial charge in [-0.3, -0.25) is 0 Å². The Bertz CT molecular complexity index is 385. The summed E-state index contributed by atoms with van der Waals surface area (Å²) in [4.78, 5) is 0. The zero-order valence-electron chi connectivity index (χ0n) is 11.5. The summed E-state index contributed by atoms with van der Waals surface area (Å²) in [5.41, 5.74) is 1.18. The van der Waals surface area contributed by atoms with Gasteiger partial charge in [-0.1, -0.05) is 13.8 Å². The van der Waals surface area contributed by atoms with Crippen molar-refractivity contribution in [2.24, 2.45) is 5.92 Å². The number of hydrogen-bond donors (Lipinski definition) is 2. The van der Waals surface area contributed by atoms with Crippen molar-refractivity contribution in [3.8, 4) is 5.75 Å². The lowest BCUT2D eigenvalue weighted by atomic mass is 10.2. The fourth-order valence-electron chi connectivity index (χ4n) is 1.56. The normalized spacial score (nSPS) is 12.8. The van der Waals surface area contributed by atoms with E-state index in [1.165, 1.54) is 5.56 Å². The summed E-state index contributed by atoms with van der Waals surface area (Å²) in [6, 6.07) is 4.07. The Balaban J connectivity index is 2.67. The maximum atomic E-state index is 9.25. The largest absolute Gasteiger partial charge is 0.489 e. The molecule has 5 heteroatoms. The van der Waals surface area contributed by atoms with Crippen LogP contribution in [0.5, 0.6) is 5.75 Å². The molecule has 0 aliphatic rings. The Morgan fingerprint density at radius 3 is 2.26 bits per heavy atom. The lowest BCUT2D eigenvalue weighted by Crippen LogP contribution is -2.19. The van der Waals surface area contributed by atoms with E-state index in [-0.39, 0.29) is 6.61 Å². The molecule has 0 aliphatic heterocycles. The highest BCUT2D eigenvalue weighted by molar-refractivity contribution is 9.11. The molecular weight excluding hydrogens is 374 g/mol. The topological polar surface area (TPSA) is 41.5 Å². The van der Waals surface area contributed by atoms with Crippen molar-refractivity contribution in [3.05, 3.63) is 26.6 Å². The summed E-state index contributed by atoms with van der Waals surface area (Å²) >= 11 is 7.01. The predicted molar refractivity (Wildman–Crippen MR) is 85.6 cm³/mol. The molecule has 0 saturated carbocycles. The SMILES string of the molecule is CC(C)CNCc1cc(Br)c(OCC(C)O)c(Br)c1. The highest BCUT2D eigenvalue weighted by Crippen LogP contribution is 2.34. The van der Waals surface area contributed by atoms with Crippen LogP contribution in [0.4, 0.5) is 0 Å². The number of ether oxygens (including phenoxy) is 1. The number of aliphatic hydroxyl groups is 1. The molecule has 0 bridgehead atoms. The van der Waals surface area contributed by atoms with E-state index in [1.54, 1.807) is 6.92 Å². The van der Waals surface area contributed by atoms with Crippen molar-refractivity contribution in [1.82, 2.24) is 5.32 Å². The molecule has 108 valence electrons. The van der Waals surface area contributed by atoms with Gasteiger partial charge >= 0.3 is 0 Å². The van der Waals surface area contributed by atoms with Crippen molar-refractivity contribution >= 4 is 31.9 Å². The quantitative estimate of drug-likeness (QED) is 0.740. The number of halogens is 2. The van der Waals surface area contributed by atoms with Crippen LogP contribution in [-0.4, -0.2) is 24.4 Å². The van der Waals surface area contributed by atoms with Gasteiger partial charge in [0.15, 0.2) is 0 Å². The van der Waals surface area contributed by atoms with Crippen molar-refractivity contribution in [1.29, 1.82) is 0 Å². The van der Waals surface area contributed by atoms with E-state index >= 15 is 0 Å². The third-order valence-electron chi connectivity index (χ3n) is 2.41. The molecule has 19 heavy (non-hydrogen) atoms. The molecule has 0 spiro atoms. The van der Waals surface area contributed by atoms with E-state index in [4.69, 9.17) is 4.74 Å². The number of nitrogens with one attached hydrogen (secondary N) is 1. The summed E-state index contributed by atoms with van der Waals surface area (Å²) in [6.45, 7) is 8.17. The van der Waals surface area contributed by atoms with Crippen LogP contribution in [0.25, 0.3) is 0 Å². The minimum atomic E-state index is -0.480. The Morgan fingerprint density at radius 1 is 1.21 bits per heavy atom. The molecule has 1 aromatic carbocycles. The summed E-state index contributed by atoms with van der Waals surface area (Å²) in [5.74, 6) is 1.37. The second-order valence-electron chi connectivity index (χ2n) is 5.07. The fourth-order valence-corrected chi connectivity index (χ4v) is 3.07. The van der Waals surface area contributed by atoms with Gasteiger partial charge in [0.2, 0.25) is 0 Å². The first kappa shape index (κ1) is 17.0. The molecule has 0 radical (unpaired) electrons. The van der Waals surface area contributed by atoms with Crippen molar-refractivity contribution in [2.75, 3.05) is 13.2 Å². The lowest BCUT2D eigenvalue weighted by Gasteiger charge is -2.14. The van der Waals surface area contributed by atoms with Gasteiger partial charge in [0.05, 0.1) is 15.0 Å². The van der Waals surface area contributed by atoms with Gasteiger partial charge in [-0.25, -0.2) is 0 Å². The van der Waals surface area contributed by atoms with E-state index in [0.717, 1.165) is 27.8 Å². The van der Waals surface area contributed by atoms with Gasteiger partial charge in [0.1, 0.15) is 12.4 Å². The zero-order valence-corrected chi connectivity index (χ0v) is 14.7. The van der Waals surface area contributed by atoms with Crippen LogP contribution in [0.3, 0.4) is 0 Å². The maximum absolute atomic E-state index is 9.25. The first-order chi connectivity index (χ1) is 8.90. The zero-order chi connectivity index (χ0) is 14.4. The Hall–Kier alpha value is -0.100. The predicted octanol–water partition coefficient (Wildman–Crippen LogP) is 3.72. The molecule has 1 rings (SSSR count). The van der Waals surface area contributed by atoms with E-state index in [9.17, 15) is 5.11 Å². The van der Waals surface area contributed by atoms with E-state index in [2.05, 4.69) is 51.0 Å². The van der Waals surface area contributed by atoms with Gasteiger partial charge in [0, 0.05) is 6.54 Å². The molecule has 0 amide bonds. The number of aliphatic hydroxyl groups excluding tert-OH is 1. The van der Waals surface area contributed by atoms with Gasteiger partial charge in [-0.15, -0.1) is 0 Å². The molecular formula is C14H21Br2NO2. The molecule has 1 aromatic rings. The molecule has 0 fully saturated rings. The first-order valence-electron chi connectivity index (χ1n) is 6.39. The summed E-state index contributed by atoms with van der Waals surface area (Å²) < 4.78 is 7.35. The molecule has 1 unspecified atom stereocenters. The number of hydrogen-bond acceptors (Lipinski definition) is 3. The van der Waals surface area contributed by atoms with Crippen molar-refractivity contribution in [2.45, 2.75) is 33.4 Å². The Morgan fingerprint density at radius 2 is 1.79 bits per heavy atom. The van der Waals surface area contributed by atoms with Crippen LogP contribution in [0.1, 0.15) is 26.3 Å². The van der Waals surface area contributed by atoms with Crippen LogP contribution in [0, 0.1) is 5.92 Å². The molecule has 0 saturated heterocycles.